The topological polar surface area (TPSA) is 74.2 Å². The van der Waals surface area contributed by atoms with E-state index in [1.54, 1.807) is 6.20 Å². The van der Waals surface area contributed by atoms with E-state index in [1.165, 1.54) is 0 Å². The summed E-state index contributed by atoms with van der Waals surface area (Å²) in [5.41, 5.74) is 1.93. The summed E-state index contributed by atoms with van der Waals surface area (Å²) >= 11 is 0. The molecule has 2 atom stereocenters. The minimum atomic E-state index is -0.410. The molecule has 0 aromatic carbocycles. The standard InChI is InChI=1S/C12H17N3O2/c1-8-2-3-9(5-13-8)6-15-12(17)11-4-10(16)7-14-11/h2-3,5,10-11,14,16H,4,6-7H2,1H3,(H,15,17). The van der Waals surface area contributed by atoms with Crippen LogP contribution in [0.4, 0.5) is 0 Å². The summed E-state index contributed by atoms with van der Waals surface area (Å²) in [6.45, 7) is 2.89. The van der Waals surface area contributed by atoms with E-state index in [1.807, 2.05) is 19.1 Å². The number of hydrogen-bond donors (Lipinski definition) is 3. The van der Waals surface area contributed by atoms with Gasteiger partial charge in [0.15, 0.2) is 0 Å². The second-order valence-electron chi connectivity index (χ2n) is 4.38. The van der Waals surface area contributed by atoms with Crippen LogP contribution in [-0.4, -0.2) is 34.7 Å². The molecular formula is C12H17N3O2. The number of carbonyl (C=O) groups is 1. The first kappa shape index (κ1) is 12.0. The van der Waals surface area contributed by atoms with Crippen LogP contribution in [0.1, 0.15) is 17.7 Å². The van der Waals surface area contributed by atoms with Crippen molar-refractivity contribution < 1.29 is 9.90 Å². The summed E-state index contributed by atoms with van der Waals surface area (Å²) < 4.78 is 0. The van der Waals surface area contributed by atoms with Crippen LogP contribution in [-0.2, 0) is 11.3 Å². The lowest BCUT2D eigenvalue weighted by atomic mass is 10.2. The molecular weight excluding hydrogens is 218 g/mol. The number of rotatable bonds is 3. The highest BCUT2D eigenvalue weighted by atomic mass is 16.3. The normalized spacial score (nSPS) is 23.6. The van der Waals surface area contributed by atoms with Crippen LogP contribution in [0.5, 0.6) is 0 Å². The minimum absolute atomic E-state index is 0.0675. The van der Waals surface area contributed by atoms with Gasteiger partial charge in [-0.05, 0) is 25.0 Å². The number of nitrogens with one attached hydrogen (secondary N) is 2. The Morgan fingerprint density at radius 1 is 1.65 bits per heavy atom. The highest BCUT2D eigenvalue weighted by Crippen LogP contribution is 2.06. The molecule has 1 saturated heterocycles. The zero-order valence-electron chi connectivity index (χ0n) is 9.81. The number of aliphatic hydroxyl groups excluding tert-OH is 1. The Hall–Kier alpha value is -1.46. The van der Waals surface area contributed by atoms with Crippen LogP contribution in [0.2, 0.25) is 0 Å². The van der Waals surface area contributed by atoms with Crippen molar-refractivity contribution in [1.29, 1.82) is 0 Å². The number of amides is 1. The van der Waals surface area contributed by atoms with Gasteiger partial charge in [-0.3, -0.25) is 9.78 Å². The van der Waals surface area contributed by atoms with E-state index in [9.17, 15) is 9.90 Å². The van der Waals surface area contributed by atoms with Crippen molar-refractivity contribution in [3.05, 3.63) is 29.6 Å². The van der Waals surface area contributed by atoms with Crippen LogP contribution < -0.4 is 10.6 Å². The molecule has 17 heavy (non-hydrogen) atoms. The molecule has 5 heteroatoms. The molecule has 1 aliphatic heterocycles. The quantitative estimate of drug-likeness (QED) is 0.674. The highest BCUT2D eigenvalue weighted by Gasteiger charge is 2.27. The highest BCUT2D eigenvalue weighted by molar-refractivity contribution is 5.82. The smallest absolute Gasteiger partial charge is 0.237 e. The van der Waals surface area contributed by atoms with E-state index in [2.05, 4.69) is 15.6 Å². The molecule has 1 fully saturated rings. The molecule has 0 saturated carbocycles. The summed E-state index contributed by atoms with van der Waals surface area (Å²) in [5, 5.41) is 15.1. The monoisotopic (exact) mass is 235 g/mol. The van der Waals surface area contributed by atoms with E-state index in [-0.39, 0.29) is 11.9 Å². The zero-order valence-corrected chi connectivity index (χ0v) is 9.81. The third-order valence-electron chi connectivity index (χ3n) is 2.86. The molecule has 1 amide bonds. The average Bonchev–Trinajstić information content (AvgIpc) is 2.75. The molecule has 2 unspecified atom stereocenters. The molecule has 2 rings (SSSR count). The number of nitrogens with zero attached hydrogens (tertiary/aromatic N) is 1. The van der Waals surface area contributed by atoms with Gasteiger partial charge in [0.1, 0.15) is 0 Å². The molecule has 1 aliphatic rings. The maximum Gasteiger partial charge on any atom is 0.237 e. The molecule has 0 aliphatic carbocycles. The van der Waals surface area contributed by atoms with Gasteiger partial charge in [-0.25, -0.2) is 0 Å². The van der Waals surface area contributed by atoms with Gasteiger partial charge in [0.05, 0.1) is 12.1 Å². The molecule has 0 radical (unpaired) electrons. The van der Waals surface area contributed by atoms with Gasteiger partial charge in [-0.2, -0.15) is 0 Å². The Morgan fingerprint density at radius 2 is 2.47 bits per heavy atom. The zero-order chi connectivity index (χ0) is 12.3. The predicted octanol–water partition coefficient (Wildman–Crippen LogP) is -0.271. The summed E-state index contributed by atoms with van der Waals surface area (Å²) in [4.78, 5) is 15.9. The van der Waals surface area contributed by atoms with Crippen molar-refractivity contribution >= 4 is 5.91 Å². The van der Waals surface area contributed by atoms with Crippen molar-refractivity contribution in [3.63, 3.8) is 0 Å². The van der Waals surface area contributed by atoms with Gasteiger partial charge >= 0.3 is 0 Å². The number of carbonyl (C=O) groups excluding carboxylic acids is 1. The van der Waals surface area contributed by atoms with E-state index in [4.69, 9.17) is 0 Å². The second-order valence-corrected chi connectivity index (χ2v) is 4.38. The van der Waals surface area contributed by atoms with Crippen molar-refractivity contribution in [2.24, 2.45) is 0 Å². The largest absolute Gasteiger partial charge is 0.392 e. The molecule has 3 N–H and O–H groups in total. The number of aliphatic hydroxyl groups is 1. The average molecular weight is 235 g/mol. The van der Waals surface area contributed by atoms with Crippen molar-refractivity contribution in [3.8, 4) is 0 Å². The summed E-state index contributed by atoms with van der Waals surface area (Å²) in [6.07, 6.45) is 1.83. The van der Waals surface area contributed by atoms with Gasteiger partial charge in [0, 0.05) is 25.0 Å². The van der Waals surface area contributed by atoms with E-state index < -0.39 is 6.10 Å². The fourth-order valence-corrected chi connectivity index (χ4v) is 1.83. The van der Waals surface area contributed by atoms with Crippen molar-refractivity contribution in [2.45, 2.75) is 32.0 Å². The van der Waals surface area contributed by atoms with Crippen LogP contribution in [0.3, 0.4) is 0 Å². The first-order valence-corrected chi connectivity index (χ1v) is 5.76. The fraction of sp³-hybridized carbons (Fsp3) is 0.500. The summed E-state index contributed by atoms with van der Waals surface area (Å²) in [6, 6.07) is 3.59. The third-order valence-corrected chi connectivity index (χ3v) is 2.86. The van der Waals surface area contributed by atoms with Crippen LogP contribution in [0.25, 0.3) is 0 Å². The van der Waals surface area contributed by atoms with E-state index in [0.29, 0.717) is 19.5 Å². The summed E-state index contributed by atoms with van der Waals surface area (Å²) in [5.74, 6) is -0.0675. The lowest BCUT2D eigenvalue weighted by molar-refractivity contribution is -0.123. The van der Waals surface area contributed by atoms with Gasteiger partial charge in [-0.15, -0.1) is 0 Å². The maximum atomic E-state index is 11.7. The number of aromatic nitrogens is 1. The van der Waals surface area contributed by atoms with Gasteiger partial charge in [0.25, 0.3) is 0 Å². The summed E-state index contributed by atoms with van der Waals surface area (Å²) in [7, 11) is 0. The molecule has 1 aromatic heterocycles. The third kappa shape index (κ3) is 3.25. The SMILES string of the molecule is Cc1ccc(CNC(=O)C2CC(O)CN2)cn1. The molecule has 0 spiro atoms. The Kier molecular flexibility index (Phi) is 3.71. The maximum absolute atomic E-state index is 11.7. The lowest BCUT2D eigenvalue weighted by Crippen LogP contribution is -2.40. The molecule has 2 heterocycles. The predicted molar refractivity (Wildman–Crippen MR) is 63.2 cm³/mol. The molecule has 1 aromatic rings. The number of aryl methyl sites for hydroxylation is 1. The van der Waals surface area contributed by atoms with Crippen LogP contribution >= 0.6 is 0 Å². The van der Waals surface area contributed by atoms with Gasteiger partial charge in [0.2, 0.25) is 5.91 Å². The van der Waals surface area contributed by atoms with Crippen LogP contribution in [0, 0.1) is 6.92 Å². The first-order valence-electron chi connectivity index (χ1n) is 5.76. The van der Waals surface area contributed by atoms with Crippen LogP contribution in [0.15, 0.2) is 18.3 Å². The Balaban J connectivity index is 1.82. The first-order chi connectivity index (χ1) is 8.15. The van der Waals surface area contributed by atoms with Gasteiger partial charge in [-0.1, -0.05) is 6.07 Å². The minimum Gasteiger partial charge on any atom is -0.392 e. The van der Waals surface area contributed by atoms with E-state index in [0.717, 1.165) is 11.3 Å². The second kappa shape index (κ2) is 5.25. The number of hydrogen-bond acceptors (Lipinski definition) is 4. The van der Waals surface area contributed by atoms with Crippen molar-refractivity contribution in [2.75, 3.05) is 6.54 Å². The number of β-amino-alcohol motifs (C(OH)–C–C–N with tert-alkyl or cyclic N) is 1. The fourth-order valence-electron chi connectivity index (χ4n) is 1.83. The molecule has 92 valence electrons. The Labute approximate surface area is 100 Å². The van der Waals surface area contributed by atoms with Gasteiger partial charge < -0.3 is 15.7 Å². The Bertz CT molecular complexity index is 391. The number of pyridine rings is 1. The molecule has 0 bridgehead atoms. The Morgan fingerprint density at radius 3 is 3.06 bits per heavy atom. The van der Waals surface area contributed by atoms with Crippen molar-refractivity contribution in [1.82, 2.24) is 15.6 Å². The molecule has 5 nitrogen and oxygen atoms in total. The lowest BCUT2D eigenvalue weighted by Gasteiger charge is -2.10. The van der Waals surface area contributed by atoms with E-state index >= 15 is 0 Å².